The van der Waals surface area contributed by atoms with E-state index in [-0.39, 0.29) is 36.0 Å². The first kappa shape index (κ1) is 25.9. The van der Waals surface area contributed by atoms with Gasteiger partial charge in [0.2, 0.25) is 5.88 Å². The molecule has 3 N–H and O–H groups in total. The van der Waals surface area contributed by atoms with Crippen LogP contribution in [0.2, 0.25) is 0 Å². The van der Waals surface area contributed by atoms with Crippen LogP contribution in [0.5, 0.6) is 5.88 Å². The van der Waals surface area contributed by atoms with E-state index in [0.717, 1.165) is 31.0 Å². The fourth-order valence-electron chi connectivity index (χ4n) is 3.73. The molecular weight excluding hydrogens is 483 g/mol. The number of rotatable bonds is 11. The largest absolute Gasteiger partial charge is 0.475 e. The van der Waals surface area contributed by atoms with Crippen molar-refractivity contribution in [1.82, 2.24) is 15.6 Å². The van der Waals surface area contributed by atoms with Crippen molar-refractivity contribution in [3.05, 3.63) is 23.9 Å². The molecule has 1 fully saturated rings. The molecule has 0 spiro atoms. The highest BCUT2D eigenvalue weighted by Crippen LogP contribution is 2.38. The van der Waals surface area contributed by atoms with Crippen molar-refractivity contribution in [2.24, 2.45) is 10.4 Å². The van der Waals surface area contributed by atoms with Gasteiger partial charge < -0.3 is 25.2 Å². The van der Waals surface area contributed by atoms with Crippen LogP contribution in [-0.2, 0) is 11.3 Å². The van der Waals surface area contributed by atoms with Gasteiger partial charge in [-0.15, -0.1) is 24.0 Å². The summed E-state index contributed by atoms with van der Waals surface area (Å²) in [5, 5.41) is 16.3. The number of aliphatic hydroxyl groups excluding tert-OH is 1. The fraction of sp³-hybridized carbons (Fsp3) is 0.714. The summed E-state index contributed by atoms with van der Waals surface area (Å²) in [5.41, 5.74) is 1.12. The van der Waals surface area contributed by atoms with Crippen LogP contribution in [0, 0.1) is 5.41 Å². The zero-order valence-corrected chi connectivity index (χ0v) is 20.1. The van der Waals surface area contributed by atoms with Crippen LogP contribution < -0.4 is 15.4 Å². The summed E-state index contributed by atoms with van der Waals surface area (Å²) in [6, 6.07) is 3.88. The van der Waals surface area contributed by atoms with Crippen molar-refractivity contribution in [2.75, 3.05) is 40.0 Å². The second kappa shape index (κ2) is 14.8. The van der Waals surface area contributed by atoms with Gasteiger partial charge in [-0.05, 0) is 37.7 Å². The van der Waals surface area contributed by atoms with E-state index in [9.17, 15) is 5.11 Å². The molecule has 8 heteroatoms. The molecule has 166 valence electrons. The molecule has 1 aromatic rings. The molecule has 0 unspecified atom stereocenters. The summed E-state index contributed by atoms with van der Waals surface area (Å²) < 4.78 is 10.7. The van der Waals surface area contributed by atoms with Crippen molar-refractivity contribution in [1.29, 1.82) is 0 Å². The zero-order valence-electron chi connectivity index (χ0n) is 17.8. The second-order valence-electron chi connectivity index (χ2n) is 7.39. The number of aliphatic imine (C=N–C) groups is 1. The summed E-state index contributed by atoms with van der Waals surface area (Å²) in [6.07, 6.45) is 8.69. The molecule has 0 aromatic carbocycles. The number of pyridine rings is 1. The Bertz CT molecular complexity index is 590. The molecule has 0 amide bonds. The standard InChI is InChI=1S/C21H36N4O3.HI/c1-3-22-20(25-17-21(11-13-26)9-5-4-6-10-21)24-16-18-8-7-12-23-19(18)28-15-14-27-2;/h7-8,12,26H,3-6,9-11,13-17H2,1-2H3,(H2,22,24,25);1H. The monoisotopic (exact) mass is 520 g/mol. The number of hydrogen-bond acceptors (Lipinski definition) is 5. The third-order valence-electron chi connectivity index (χ3n) is 5.32. The minimum Gasteiger partial charge on any atom is -0.475 e. The third kappa shape index (κ3) is 9.04. The number of nitrogens with zero attached hydrogens (tertiary/aromatic N) is 2. The number of aliphatic hydroxyl groups is 1. The lowest BCUT2D eigenvalue weighted by atomic mass is 9.72. The average molecular weight is 520 g/mol. The first-order chi connectivity index (χ1) is 13.7. The van der Waals surface area contributed by atoms with Crippen LogP contribution in [0.15, 0.2) is 23.3 Å². The molecule has 0 aliphatic heterocycles. The smallest absolute Gasteiger partial charge is 0.218 e. The van der Waals surface area contributed by atoms with Gasteiger partial charge in [0.05, 0.1) is 13.2 Å². The van der Waals surface area contributed by atoms with Gasteiger partial charge in [-0.2, -0.15) is 0 Å². The molecule has 0 saturated heterocycles. The molecule has 29 heavy (non-hydrogen) atoms. The number of ether oxygens (including phenoxy) is 2. The minimum atomic E-state index is 0. The summed E-state index contributed by atoms with van der Waals surface area (Å²) in [6.45, 7) is 5.41. The van der Waals surface area contributed by atoms with E-state index in [1.807, 2.05) is 12.1 Å². The van der Waals surface area contributed by atoms with Crippen molar-refractivity contribution < 1.29 is 14.6 Å². The van der Waals surface area contributed by atoms with Crippen LogP contribution in [0.1, 0.15) is 51.0 Å². The van der Waals surface area contributed by atoms with E-state index >= 15 is 0 Å². The fourth-order valence-corrected chi connectivity index (χ4v) is 3.73. The molecule has 1 aliphatic carbocycles. The maximum absolute atomic E-state index is 9.52. The number of guanidine groups is 1. The van der Waals surface area contributed by atoms with Crippen LogP contribution in [0.4, 0.5) is 0 Å². The molecule has 0 bridgehead atoms. The highest BCUT2D eigenvalue weighted by molar-refractivity contribution is 14.0. The highest BCUT2D eigenvalue weighted by Gasteiger charge is 2.31. The average Bonchev–Trinajstić information content (AvgIpc) is 2.72. The summed E-state index contributed by atoms with van der Waals surface area (Å²) >= 11 is 0. The maximum atomic E-state index is 9.52. The normalized spacial score (nSPS) is 16.0. The minimum absolute atomic E-state index is 0. The van der Waals surface area contributed by atoms with E-state index in [0.29, 0.717) is 25.6 Å². The van der Waals surface area contributed by atoms with Crippen molar-refractivity contribution >= 4 is 29.9 Å². The van der Waals surface area contributed by atoms with E-state index in [2.05, 4.69) is 22.5 Å². The molecule has 1 aromatic heterocycles. The van der Waals surface area contributed by atoms with E-state index in [1.165, 1.54) is 32.1 Å². The van der Waals surface area contributed by atoms with Gasteiger partial charge in [0.15, 0.2) is 5.96 Å². The van der Waals surface area contributed by atoms with E-state index in [1.54, 1.807) is 13.3 Å². The van der Waals surface area contributed by atoms with Crippen molar-refractivity contribution in [3.63, 3.8) is 0 Å². The Morgan fingerprint density at radius 3 is 2.72 bits per heavy atom. The molecule has 0 atom stereocenters. The lowest BCUT2D eigenvalue weighted by Gasteiger charge is -2.37. The van der Waals surface area contributed by atoms with Gasteiger partial charge in [0.25, 0.3) is 0 Å². The Labute approximate surface area is 192 Å². The maximum Gasteiger partial charge on any atom is 0.218 e. The van der Waals surface area contributed by atoms with Crippen LogP contribution >= 0.6 is 24.0 Å². The lowest BCUT2D eigenvalue weighted by Crippen LogP contribution is -2.45. The van der Waals surface area contributed by atoms with Gasteiger partial charge in [-0.3, -0.25) is 0 Å². The number of methoxy groups -OCH3 is 1. The Morgan fingerprint density at radius 2 is 2.03 bits per heavy atom. The van der Waals surface area contributed by atoms with Crippen molar-refractivity contribution in [3.8, 4) is 5.88 Å². The first-order valence-corrected chi connectivity index (χ1v) is 10.4. The molecule has 7 nitrogen and oxygen atoms in total. The van der Waals surface area contributed by atoms with Gasteiger partial charge in [-0.25, -0.2) is 9.98 Å². The van der Waals surface area contributed by atoms with Gasteiger partial charge in [-0.1, -0.05) is 25.3 Å². The SMILES string of the molecule is CCNC(=NCc1cccnc1OCCOC)NCC1(CCO)CCCCC1.I. The number of halogens is 1. The van der Waals surface area contributed by atoms with Gasteiger partial charge in [0, 0.05) is 38.6 Å². The summed E-state index contributed by atoms with van der Waals surface area (Å²) in [4.78, 5) is 9.04. The van der Waals surface area contributed by atoms with Crippen molar-refractivity contribution in [2.45, 2.75) is 52.0 Å². The Hall–Kier alpha value is -1.13. The van der Waals surface area contributed by atoms with Crippen LogP contribution in [0.3, 0.4) is 0 Å². The van der Waals surface area contributed by atoms with Gasteiger partial charge >= 0.3 is 0 Å². The Morgan fingerprint density at radius 1 is 1.24 bits per heavy atom. The summed E-state index contributed by atoms with van der Waals surface area (Å²) in [5.74, 6) is 1.39. The molecular formula is C21H37IN4O3. The molecule has 1 heterocycles. The highest BCUT2D eigenvalue weighted by atomic mass is 127. The molecule has 0 radical (unpaired) electrons. The predicted octanol–water partition coefficient (Wildman–Crippen LogP) is 3.11. The Kier molecular flexibility index (Phi) is 13.2. The number of nitrogens with one attached hydrogen (secondary N) is 2. The summed E-state index contributed by atoms with van der Waals surface area (Å²) in [7, 11) is 1.65. The van der Waals surface area contributed by atoms with E-state index in [4.69, 9.17) is 14.5 Å². The van der Waals surface area contributed by atoms with Crippen LogP contribution in [-0.4, -0.2) is 56.1 Å². The predicted molar refractivity (Wildman–Crippen MR) is 127 cm³/mol. The third-order valence-corrected chi connectivity index (χ3v) is 5.32. The molecule has 2 rings (SSSR count). The number of aromatic nitrogens is 1. The zero-order chi connectivity index (χ0) is 20.1. The lowest BCUT2D eigenvalue weighted by molar-refractivity contribution is 0.131. The van der Waals surface area contributed by atoms with E-state index < -0.39 is 0 Å². The Balaban J connectivity index is 0.00000420. The topological polar surface area (TPSA) is 88.0 Å². The first-order valence-electron chi connectivity index (χ1n) is 10.4. The van der Waals surface area contributed by atoms with Gasteiger partial charge in [0.1, 0.15) is 6.61 Å². The second-order valence-corrected chi connectivity index (χ2v) is 7.39. The quantitative estimate of drug-likeness (QED) is 0.180. The molecule has 1 aliphatic rings. The number of hydrogen-bond donors (Lipinski definition) is 3. The molecule has 1 saturated carbocycles. The van der Waals surface area contributed by atoms with Crippen LogP contribution in [0.25, 0.3) is 0 Å².